The third-order valence-electron chi connectivity index (χ3n) is 5.03. The lowest BCUT2D eigenvalue weighted by atomic mass is 9.93. The quantitative estimate of drug-likeness (QED) is 0.431. The molecule has 160 valence electrons. The van der Waals surface area contributed by atoms with Crippen molar-refractivity contribution in [1.29, 1.82) is 0 Å². The summed E-state index contributed by atoms with van der Waals surface area (Å²) in [5, 5.41) is 0.0845. The van der Waals surface area contributed by atoms with Gasteiger partial charge in [0.15, 0.2) is 0 Å². The van der Waals surface area contributed by atoms with Crippen LogP contribution in [-0.2, 0) is 9.53 Å². The molecule has 0 saturated carbocycles. The molecule has 0 saturated heterocycles. The average molecular weight is 431 g/mol. The number of benzene rings is 1. The summed E-state index contributed by atoms with van der Waals surface area (Å²) in [5.41, 5.74) is 9.34. The van der Waals surface area contributed by atoms with Crippen LogP contribution in [0.1, 0.15) is 32.3 Å². The van der Waals surface area contributed by atoms with Crippen LogP contribution in [-0.4, -0.2) is 24.5 Å². The van der Waals surface area contributed by atoms with Crippen LogP contribution in [0.25, 0.3) is 6.08 Å². The second kappa shape index (κ2) is 11.0. The van der Waals surface area contributed by atoms with E-state index in [2.05, 4.69) is 20.4 Å². The number of hydrogen-bond acceptors (Lipinski definition) is 4. The summed E-state index contributed by atoms with van der Waals surface area (Å²) in [7, 11) is 1.34. The molecule has 1 atom stereocenters. The third kappa shape index (κ3) is 5.49. The Hall–Kier alpha value is -2.63. The standard InChI is InChI=1S/C24H28ClFN2O2/c1-5-16(2)20(10-9-18-7-6-8-21(25)23(18)26)22(11-13-27)28-14-12-19(15-17(28)3)24(29)30-4/h6-10,12,14-16H,3,5,11,13,27H2,1-2,4H3/b10-9+,22-20-. The zero-order valence-corrected chi connectivity index (χ0v) is 18.4. The minimum absolute atomic E-state index is 0.0845. The van der Waals surface area contributed by atoms with Crippen molar-refractivity contribution in [3.8, 4) is 0 Å². The third-order valence-corrected chi connectivity index (χ3v) is 5.32. The first-order valence-corrected chi connectivity index (χ1v) is 10.2. The fourth-order valence-corrected chi connectivity index (χ4v) is 3.37. The van der Waals surface area contributed by atoms with Crippen molar-refractivity contribution in [3.05, 3.63) is 88.1 Å². The van der Waals surface area contributed by atoms with Crippen molar-refractivity contribution < 1.29 is 13.9 Å². The number of rotatable bonds is 8. The van der Waals surface area contributed by atoms with Crippen molar-refractivity contribution in [3.63, 3.8) is 0 Å². The molecule has 1 aromatic rings. The van der Waals surface area contributed by atoms with E-state index >= 15 is 0 Å². The van der Waals surface area contributed by atoms with Gasteiger partial charge in [0.25, 0.3) is 0 Å². The fourth-order valence-electron chi connectivity index (χ4n) is 3.19. The van der Waals surface area contributed by atoms with Gasteiger partial charge in [-0.2, -0.15) is 0 Å². The van der Waals surface area contributed by atoms with Crippen LogP contribution in [0.2, 0.25) is 5.02 Å². The smallest absolute Gasteiger partial charge is 0.337 e. The predicted octanol–water partition coefficient (Wildman–Crippen LogP) is 5.58. The Bertz CT molecular complexity index is 931. The van der Waals surface area contributed by atoms with Gasteiger partial charge in [0.2, 0.25) is 0 Å². The number of carbonyl (C=O) groups excluding carboxylic acids is 1. The highest BCUT2D eigenvalue weighted by Crippen LogP contribution is 2.31. The first-order chi connectivity index (χ1) is 14.3. The Kier molecular flexibility index (Phi) is 8.63. The molecule has 30 heavy (non-hydrogen) atoms. The highest BCUT2D eigenvalue weighted by atomic mass is 35.5. The highest BCUT2D eigenvalue weighted by Gasteiger charge is 2.21. The summed E-state index contributed by atoms with van der Waals surface area (Å²) in [4.78, 5) is 13.7. The van der Waals surface area contributed by atoms with Crippen molar-refractivity contribution in [2.75, 3.05) is 13.7 Å². The minimum Gasteiger partial charge on any atom is -0.465 e. The van der Waals surface area contributed by atoms with E-state index in [0.29, 0.717) is 29.8 Å². The second-order valence-electron chi connectivity index (χ2n) is 6.99. The van der Waals surface area contributed by atoms with Gasteiger partial charge in [-0.15, -0.1) is 0 Å². The number of halogens is 2. The highest BCUT2D eigenvalue weighted by molar-refractivity contribution is 6.30. The van der Waals surface area contributed by atoms with Gasteiger partial charge in [-0.1, -0.05) is 56.3 Å². The first kappa shape index (κ1) is 23.6. The van der Waals surface area contributed by atoms with Crippen LogP contribution < -0.4 is 5.73 Å². The van der Waals surface area contributed by atoms with Gasteiger partial charge in [-0.05, 0) is 42.7 Å². The Morgan fingerprint density at radius 1 is 1.43 bits per heavy atom. The summed E-state index contributed by atoms with van der Waals surface area (Å²) in [6, 6.07) is 4.92. The summed E-state index contributed by atoms with van der Waals surface area (Å²) in [6.45, 7) is 8.72. The molecule has 4 nitrogen and oxygen atoms in total. The van der Waals surface area contributed by atoms with Crippen molar-refractivity contribution in [2.24, 2.45) is 11.7 Å². The normalized spacial score (nSPS) is 15.9. The Balaban J connectivity index is 2.51. The molecule has 2 rings (SSSR count). The Morgan fingerprint density at radius 2 is 2.17 bits per heavy atom. The van der Waals surface area contributed by atoms with Crippen LogP contribution >= 0.6 is 11.6 Å². The van der Waals surface area contributed by atoms with Crippen LogP contribution in [0.5, 0.6) is 0 Å². The van der Waals surface area contributed by atoms with Gasteiger partial charge in [0.1, 0.15) is 5.82 Å². The largest absolute Gasteiger partial charge is 0.465 e. The summed E-state index contributed by atoms with van der Waals surface area (Å²) < 4.78 is 19.1. The number of methoxy groups -OCH3 is 1. The molecular formula is C24H28ClFN2O2. The SMILES string of the molecule is C=C1C=C(C(=O)OC)C=CN1/C(CCN)=C(/C=C/c1cccc(Cl)c1F)C(C)CC. The molecule has 0 fully saturated rings. The molecule has 0 bridgehead atoms. The van der Waals surface area contributed by atoms with E-state index in [1.54, 1.807) is 36.6 Å². The number of ether oxygens (including phenoxy) is 1. The van der Waals surface area contributed by atoms with E-state index in [9.17, 15) is 9.18 Å². The number of esters is 1. The Morgan fingerprint density at radius 3 is 2.77 bits per heavy atom. The molecule has 0 aliphatic carbocycles. The van der Waals surface area contributed by atoms with E-state index in [1.165, 1.54) is 13.2 Å². The van der Waals surface area contributed by atoms with Crippen LogP contribution in [0.3, 0.4) is 0 Å². The molecule has 0 aromatic heterocycles. The van der Waals surface area contributed by atoms with Gasteiger partial charge >= 0.3 is 5.97 Å². The van der Waals surface area contributed by atoms with E-state index in [4.69, 9.17) is 22.1 Å². The number of hydrogen-bond donors (Lipinski definition) is 1. The lowest BCUT2D eigenvalue weighted by molar-refractivity contribution is -0.135. The number of carbonyl (C=O) groups is 1. The zero-order valence-electron chi connectivity index (χ0n) is 17.6. The molecule has 0 radical (unpaired) electrons. The maximum absolute atomic E-state index is 14.3. The van der Waals surface area contributed by atoms with Crippen molar-refractivity contribution in [1.82, 2.24) is 4.90 Å². The molecule has 1 aliphatic rings. The maximum Gasteiger partial charge on any atom is 0.337 e. The Labute approximate surface area is 182 Å². The van der Waals surface area contributed by atoms with Crippen molar-refractivity contribution in [2.45, 2.75) is 26.7 Å². The van der Waals surface area contributed by atoms with Crippen LogP contribution in [0, 0.1) is 11.7 Å². The van der Waals surface area contributed by atoms with Gasteiger partial charge < -0.3 is 15.4 Å². The average Bonchev–Trinajstić information content (AvgIpc) is 2.75. The van der Waals surface area contributed by atoms with Gasteiger partial charge in [0, 0.05) is 29.6 Å². The molecule has 6 heteroatoms. The van der Waals surface area contributed by atoms with Crippen molar-refractivity contribution >= 4 is 23.6 Å². The zero-order chi connectivity index (χ0) is 22.3. The number of allylic oxidation sites excluding steroid dienone is 3. The topological polar surface area (TPSA) is 55.6 Å². The van der Waals surface area contributed by atoms with Crippen LogP contribution in [0.15, 0.2) is 71.7 Å². The molecule has 1 aliphatic heterocycles. The predicted molar refractivity (Wildman–Crippen MR) is 121 cm³/mol. The monoisotopic (exact) mass is 430 g/mol. The van der Waals surface area contributed by atoms with Gasteiger partial charge in [-0.3, -0.25) is 0 Å². The van der Waals surface area contributed by atoms with Gasteiger partial charge in [-0.25, -0.2) is 9.18 Å². The molecule has 0 spiro atoms. The molecular weight excluding hydrogens is 403 g/mol. The molecule has 1 unspecified atom stereocenters. The molecule has 1 aromatic carbocycles. The van der Waals surface area contributed by atoms with E-state index < -0.39 is 11.8 Å². The minimum atomic E-state index is -0.452. The van der Waals surface area contributed by atoms with Crippen LogP contribution in [0.4, 0.5) is 4.39 Å². The summed E-state index contributed by atoms with van der Waals surface area (Å²) >= 11 is 5.91. The fraction of sp³-hybridized carbons (Fsp3) is 0.292. The lowest BCUT2D eigenvalue weighted by Gasteiger charge is -2.30. The first-order valence-electron chi connectivity index (χ1n) is 9.85. The second-order valence-corrected chi connectivity index (χ2v) is 7.40. The molecule has 0 amide bonds. The van der Waals surface area contributed by atoms with E-state index in [-0.39, 0.29) is 10.9 Å². The maximum atomic E-state index is 14.3. The van der Waals surface area contributed by atoms with E-state index in [1.807, 2.05) is 11.0 Å². The van der Waals surface area contributed by atoms with Gasteiger partial charge in [0.05, 0.1) is 17.7 Å². The number of nitrogens with two attached hydrogens (primary N) is 1. The lowest BCUT2D eigenvalue weighted by Crippen LogP contribution is -2.23. The number of nitrogens with zero attached hydrogens (tertiary/aromatic N) is 1. The van der Waals surface area contributed by atoms with E-state index in [0.717, 1.165) is 17.7 Å². The molecule has 1 heterocycles. The summed E-state index contributed by atoms with van der Waals surface area (Å²) in [5.74, 6) is -0.681. The summed E-state index contributed by atoms with van der Waals surface area (Å²) in [6.07, 6.45) is 10.3. The molecule has 2 N–H and O–H groups in total.